The monoisotopic (exact) mass is 372 g/mol. The normalized spacial score (nSPS) is 10.7. The second-order valence-electron chi connectivity index (χ2n) is 5.12. The van der Waals surface area contributed by atoms with Crippen molar-refractivity contribution in [2.75, 3.05) is 11.9 Å². The highest BCUT2D eigenvalue weighted by atomic mass is 79.9. The molecule has 1 amide bonds. The number of carbonyl (C=O) groups excluding carboxylic acids is 1. The van der Waals surface area contributed by atoms with Gasteiger partial charge < -0.3 is 14.6 Å². The van der Waals surface area contributed by atoms with E-state index in [0.29, 0.717) is 18.0 Å². The predicted octanol–water partition coefficient (Wildman–Crippen LogP) is 4.44. The van der Waals surface area contributed by atoms with Gasteiger partial charge >= 0.3 is 0 Å². The minimum atomic E-state index is -0.0856. The molecular formula is C18H17BrN2O2. The number of carbonyl (C=O) groups is 1. The van der Waals surface area contributed by atoms with Crippen molar-refractivity contribution < 1.29 is 9.53 Å². The van der Waals surface area contributed by atoms with Crippen molar-refractivity contribution in [2.24, 2.45) is 0 Å². The number of amides is 1. The molecular weight excluding hydrogens is 356 g/mol. The zero-order valence-electron chi connectivity index (χ0n) is 12.8. The summed E-state index contributed by atoms with van der Waals surface area (Å²) in [6.07, 6.45) is 1.92. The molecule has 4 nitrogen and oxygen atoms in total. The SMILES string of the molecule is CCOc1ccccc1NC(=O)Cn1ccc2cc(Br)ccc21. The van der Waals surface area contributed by atoms with Crippen molar-refractivity contribution in [2.45, 2.75) is 13.5 Å². The van der Waals surface area contributed by atoms with E-state index < -0.39 is 0 Å². The summed E-state index contributed by atoms with van der Waals surface area (Å²) in [4.78, 5) is 12.4. The van der Waals surface area contributed by atoms with Crippen LogP contribution >= 0.6 is 15.9 Å². The summed E-state index contributed by atoms with van der Waals surface area (Å²) in [7, 11) is 0. The number of para-hydroxylation sites is 2. The third kappa shape index (κ3) is 3.56. The van der Waals surface area contributed by atoms with E-state index in [9.17, 15) is 4.79 Å². The Morgan fingerprint density at radius 1 is 1.22 bits per heavy atom. The Labute approximate surface area is 143 Å². The topological polar surface area (TPSA) is 43.3 Å². The van der Waals surface area contributed by atoms with Gasteiger partial charge in [0.1, 0.15) is 12.3 Å². The summed E-state index contributed by atoms with van der Waals surface area (Å²) in [5, 5.41) is 4.01. The highest BCUT2D eigenvalue weighted by Crippen LogP contribution is 2.24. The highest BCUT2D eigenvalue weighted by Gasteiger charge is 2.09. The van der Waals surface area contributed by atoms with Crippen LogP contribution in [0.1, 0.15) is 6.92 Å². The highest BCUT2D eigenvalue weighted by molar-refractivity contribution is 9.10. The van der Waals surface area contributed by atoms with Gasteiger partial charge in [0.15, 0.2) is 0 Å². The summed E-state index contributed by atoms with van der Waals surface area (Å²) < 4.78 is 8.49. The number of benzene rings is 2. The molecule has 0 spiro atoms. The maximum atomic E-state index is 12.4. The van der Waals surface area contributed by atoms with Crippen LogP contribution in [-0.2, 0) is 11.3 Å². The molecule has 0 aliphatic rings. The van der Waals surface area contributed by atoms with Gasteiger partial charge in [-0.2, -0.15) is 0 Å². The molecule has 0 aliphatic heterocycles. The smallest absolute Gasteiger partial charge is 0.244 e. The number of rotatable bonds is 5. The van der Waals surface area contributed by atoms with Crippen LogP contribution in [0.5, 0.6) is 5.75 Å². The Hall–Kier alpha value is -2.27. The largest absolute Gasteiger partial charge is 0.492 e. The lowest BCUT2D eigenvalue weighted by Gasteiger charge is -2.12. The van der Waals surface area contributed by atoms with Crippen LogP contribution in [0.4, 0.5) is 5.69 Å². The van der Waals surface area contributed by atoms with E-state index >= 15 is 0 Å². The van der Waals surface area contributed by atoms with E-state index in [-0.39, 0.29) is 12.5 Å². The lowest BCUT2D eigenvalue weighted by Crippen LogP contribution is -2.18. The van der Waals surface area contributed by atoms with E-state index in [4.69, 9.17) is 4.74 Å². The average Bonchev–Trinajstić information content (AvgIpc) is 2.91. The van der Waals surface area contributed by atoms with Gasteiger partial charge in [0.2, 0.25) is 5.91 Å². The molecule has 0 aliphatic carbocycles. The Morgan fingerprint density at radius 3 is 2.87 bits per heavy atom. The first-order valence-corrected chi connectivity index (χ1v) is 8.22. The zero-order valence-corrected chi connectivity index (χ0v) is 14.3. The van der Waals surface area contributed by atoms with Crippen LogP contribution in [0.2, 0.25) is 0 Å². The molecule has 0 radical (unpaired) electrons. The van der Waals surface area contributed by atoms with Crippen molar-refractivity contribution in [1.82, 2.24) is 4.57 Å². The fourth-order valence-corrected chi connectivity index (χ4v) is 2.88. The number of fused-ring (bicyclic) bond motifs is 1. The van der Waals surface area contributed by atoms with E-state index in [0.717, 1.165) is 15.4 Å². The van der Waals surface area contributed by atoms with Crippen LogP contribution in [0.25, 0.3) is 10.9 Å². The van der Waals surface area contributed by atoms with Gasteiger partial charge in [-0.15, -0.1) is 0 Å². The van der Waals surface area contributed by atoms with Crippen molar-refractivity contribution >= 4 is 38.4 Å². The van der Waals surface area contributed by atoms with Crippen molar-refractivity contribution in [3.63, 3.8) is 0 Å². The maximum Gasteiger partial charge on any atom is 0.244 e. The minimum absolute atomic E-state index is 0.0856. The second kappa shape index (κ2) is 6.87. The standard InChI is InChI=1S/C18H17BrN2O2/c1-2-23-17-6-4-3-5-15(17)20-18(22)12-21-10-9-13-11-14(19)7-8-16(13)21/h3-11H,2,12H2,1H3,(H,20,22). The molecule has 3 aromatic rings. The van der Waals surface area contributed by atoms with Gasteiger partial charge in [0.25, 0.3) is 0 Å². The van der Waals surface area contributed by atoms with Gasteiger partial charge in [-0.05, 0) is 43.3 Å². The molecule has 0 saturated carbocycles. The third-order valence-electron chi connectivity index (χ3n) is 3.51. The van der Waals surface area contributed by atoms with Gasteiger partial charge in [0.05, 0.1) is 12.3 Å². The van der Waals surface area contributed by atoms with E-state index in [1.165, 1.54) is 0 Å². The molecule has 0 bridgehead atoms. The zero-order chi connectivity index (χ0) is 16.2. The van der Waals surface area contributed by atoms with Crippen molar-refractivity contribution in [3.8, 4) is 5.75 Å². The summed E-state index contributed by atoms with van der Waals surface area (Å²) >= 11 is 3.46. The molecule has 23 heavy (non-hydrogen) atoms. The molecule has 5 heteroatoms. The Bertz CT molecular complexity index is 842. The number of nitrogens with one attached hydrogen (secondary N) is 1. The molecule has 1 aromatic heterocycles. The lowest BCUT2D eigenvalue weighted by atomic mass is 10.2. The molecule has 3 rings (SSSR count). The van der Waals surface area contributed by atoms with Gasteiger partial charge in [0, 0.05) is 21.6 Å². The van der Waals surface area contributed by atoms with Crippen LogP contribution < -0.4 is 10.1 Å². The van der Waals surface area contributed by atoms with E-state index in [1.807, 2.05) is 66.2 Å². The molecule has 0 saturated heterocycles. The molecule has 1 heterocycles. The summed E-state index contributed by atoms with van der Waals surface area (Å²) in [5.74, 6) is 0.599. The molecule has 1 N–H and O–H groups in total. The third-order valence-corrected chi connectivity index (χ3v) is 4.00. The molecule has 0 unspecified atom stereocenters. The summed E-state index contributed by atoms with van der Waals surface area (Å²) in [5.41, 5.74) is 1.72. The number of anilines is 1. The molecule has 2 aromatic carbocycles. The minimum Gasteiger partial charge on any atom is -0.492 e. The van der Waals surface area contributed by atoms with Crippen molar-refractivity contribution in [1.29, 1.82) is 0 Å². The Balaban J connectivity index is 1.76. The molecule has 0 atom stereocenters. The number of ether oxygens (including phenoxy) is 1. The fraction of sp³-hybridized carbons (Fsp3) is 0.167. The second-order valence-corrected chi connectivity index (χ2v) is 6.04. The molecule has 0 fully saturated rings. The predicted molar refractivity (Wildman–Crippen MR) is 95.9 cm³/mol. The summed E-state index contributed by atoms with van der Waals surface area (Å²) in [6, 6.07) is 15.5. The summed E-state index contributed by atoms with van der Waals surface area (Å²) in [6.45, 7) is 2.73. The first-order valence-electron chi connectivity index (χ1n) is 7.43. The van der Waals surface area contributed by atoms with E-state index in [1.54, 1.807) is 0 Å². The van der Waals surface area contributed by atoms with Crippen molar-refractivity contribution in [3.05, 3.63) is 59.2 Å². The lowest BCUT2D eigenvalue weighted by molar-refractivity contribution is -0.116. The number of hydrogen-bond acceptors (Lipinski definition) is 2. The Morgan fingerprint density at radius 2 is 2.04 bits per heavy atom. The van der Waals surface area contributed by atoms with E-state index in [2.05, 4.69) is 21.2 Å². The van der Waals surface area contributed by atoms with Gasteiger partial charge in [-0.1, -0.05) is 28.1 Å². The first kappa shape index (κ1) is 15.6. The number of nitrogens with zero attached hydrogens (tertiary/aromatic N) is 1. The van der Waals surface area contributed by atoms with Gasteiger partial charge in [-0.25, -0.2) is 0 Å². The van der Waals surface area contributed by atoms with Crippen LogP contribution in [0.3, 0.4) is 0 Å². The van der Waals surface area contributed by atoms with Crippen LogP contribution in [0, 0.1) is 0 Å². The first-order chi connectivity index (χ1) is 11.2. The van der Waals surface area contributed by atoms with Crippen LogP contribution in [0.15, 0.2) is 59.2 Å². The Kier molecular flexibility index (Phi) is 4.67. The number of aromatic nitrogens is 1. The molecule has 118 valence electrons. The number of halogens is 1. The fourth-order valence-electron chi connectivity index (χ4n) is 2.50. The van der Waals surface area contributed by atoms with Crippen LogP contribution in [-0.4, -0.2) is 17.1 Å². The maximum absolute atomic E-state index is 12.4. The number of hydrogen-bond donors (Lipinski definition) is 1. The quantitative estimate of drug-likeness (QED) is 0.719. The van der Waals surface area contributed by atoms with Gasteiger partial charge in [-0.3, -0.25) is 4.79 Å². The average molecular weight is 373 g/mol.